The number of para-hydroxylation sites is 1. The molecule has 3 aromatic rings. The van der Waals surface area contributed by atoms with Crippen molar-refractivity contribution >= 4 is 26.7 Å². The van der Waals surface area contributed by atoms with Crippen LogP contribution in [0.5, 0.6) is 0 Å². The molecule has 2 aromatic heterocycles. The summed E-state index contributed by atoms with van der Waals surface area (Å²) in [5.41, 5.74) is 2.33. The predicted octanol–water partition coefficient (Wildman–Crippen LogP) is 2.91. The molecule has 1 aromatic carbocycles. The minimum absolute atomic E-state index is 0.856. The van der Waals surface area contributed by atoms with Gasteiger partial charge in [0.15, 0.2) is 5.13 Å². The van der Waals surface area contributed by atoms with Crippen LogP contribution in [-0.4, -0.2) is 21.1 Å². The first-order valence-corrected chi connectivity index (χ1v) is 6.70. The van der Waals surface area contributed by atoms with Crippen molar-refractivity contribution < 1.29 is 0 Å². The number of imidazole rings is 1. The number of anilines is 1. The summed E-state index contributed by atoms with van der Waals surface area (Å²) in [6.07, 6.45) is 5.58. The average Bonchev–Trinajstić information content (AvgIpc) is 2.98. The normalized spacial score (nSPS) is 10.9. The number of thiazole rings is 1. The number of nitrogens with one attached hydrogen (secondary N) is 1. The highest BCUT2D eigenvalue weighted by Gasteiger charge is 2.04. The van der Waals surface area contributed by atoms with E-state index in [1.807, 2.05) is 17.1 Å². The van der Waals surface area contributed by atoms with E-state index in [2.05, 4.69) is 40.4 Å². The van der Waals surface area contributed by atoms with Gasteiger partial charge < -0.3 is 9.88 Å². The van der Waals surface area contributed by atoms with Crippen LogP contribution in [0.2, 0.25) is 0 Å². The molecule has 0 aliphatic carbocycles. The molecule has 0 aliphatic heterocycles. The second kappa shape index (κ2) is 4.78. The molecule has 3 rings (SSSR count). The van der Waals surface area contributed by atoms with Crippen molar-refractivity contribution in [1.82, 2.24) is 14.5 Å². The number of rotatable bonds is 4. The highest BCUT2D eigenvalue weighted by atomic mass is 32.1. The first kappa shape index (κ1) is 11.2. The summed E-state index contributed by atoms with van der Waals surface area (Å²) in [6, 6.07) is 6.28. The maximum absolute atomic E-state index is 4.61. The van der Waals surface area contributed by atoms with E-state index in [9.17, 15) is 0 Å². The van der Waals surface area contributed by atoms with E-state index in [0.717, 1.165) is 23.7 Å². The number of benzene rings is 1. The second-order valence-electron chi connectivity index (χ2n) is 4.17. The summed E-state index contributed by atoms with van der Waals surface area (Å²) in [5, 5.41) is 4.34. The quantitative estimate of drug-likeness (QED) is 0.782. The van der Waals surface area contributed by atoms with Crippen LogP contribution in [0, 0.1) is 6.92 Å². The molecular weight excluding hydrogens is 244 g/mol. The van der Waals surface area contributed by atoms with E-state index in [4.69, 9.17) is 0 Å². The third-order valence-corrected chi connectivity index (χ3v) is 3.80. The van der Waals surface area contributed by atoms with Crippen LogP contribution < -0.4 is 5.32 Å². The monoisotopic (exact) mass is 258 g/mol. The van der Waals surface area contributed by atoms with Crippen molar-refractivity contribution in [3.8, 4) is 0 Å². The molecular formula is C13H14N4S. The largest absolute Gasteiger partial charge is 0.360 e. The van der Waals surface area contributed by atoms with Crippen LogP contribution in [0.3, 0.4) is 0 Å². The van der Waals surface area contributed by atoms with Gasteiger partial charge in [0.25, 0.3) is 0 Å². The van der Waals surface area contributed by atoms with E-state index < -0.39 is 0 Å². The predicted molar refractivity (Wildman–Crippen MR) is 75.1 cm³/mol. The van der Waals surface area contributed by atoms with Crippen LogP contribution in [0.15, 0.2) is 36.9 Å². The van der Waals surface area contributed by atoms with Crippen molar-refractivity contribution in [2.75, 3.05) is 11.9 Å². The SMILES string of the molecule is Cc1cccc2sc(NCCn3ccnc3)nc12. The third-order valence-electron chi connectivity index (χ3n) is 2.83. The average molecular weight is 258 g/mol. The molecule has 0 atom stereocenters. The van der Waals surface area contributed by atoms with Crippen molar-refractivity contribution in [3.05, 3.63) is 42.5 Å². The molecule has 1 N–H and O–H groups in total. The molecule has 92 valence electrons. The smallest absolute Gasteiger partial charge is 0.183 e. The zero-order valence-electron chi connectivity index (χ0n) is 10.1. The van der Waals surface area contributed by atoms with Crippen molar-refractivity contribution in [2.24, 2.45) is 0 Å². The van der Waals surface area contributed by atoms with Gasteiger partial charge in [-0.1, -0.05) is 23.5 Å². The molecule has 0 fully saturated rings. The van der Waals surface area contributed by atoms with E-state index in [1.54, 1.807) is 17.5 Å². The summed E-state index contributed by atoms with van der Waals surface area (Å²) in [7, 11) is 0. The van der Waals surface area contributed by atoms with Crippen molar-refractivity contribution in [1.29, 1.82) is 0 Å². The van der Waals surface area contributed by atoms with Gasteiger partial charge in [-0.2, -0.15) is 0 Å². The standard InChI is InChI=1S/C13H14N4S/c1-10-3-2-4-11-12(10)16-13(18-11)15-6-8-17-7-5-14-9-17/h2-5,7,9H,6,8H2,1H3,(H,15,16). The lowest BCUT2D eigenvalue weighted by atomic mass is 10.2. The minimum Gasteiger partial charge on any atom is -0.360 e. The second-order valence-corrected chi connectivity index (χ2v) is 5.20. The molecule has 5 heteroatoms. The molecule has 0 unspecified atom stereocenters. The highest BCUT2D eigenvalue weighted by molar-refractivity contribution is 7.22. The Hall–Kier alpha value is -1.88. The van der Waals surface area contributed by atoms with Gasteiger partial charge in [-0.25, -0.2) is 9.97 Å². The lowest BCUT2D eigenvalue weighted by Crippen LogP contribution is -2.08. The topological polar surface area (TPSA) is 42.7 Å². The lowest BCUT2D eigenvalue weighted by Gasteiger charge is -2.02. The van der Waals surface area contributed by atoms with Gasteiger partial charge in [-0.15, -0.1) is 0 Å². The highest BCUT2D eigenvalue weighted by Crippen LogP contribution is 2.27. The molecule has 0 amide bonds. The maximum atomic E-state index is 4.61. The molecule has 0 radical (unpaired) electrons. The number of hydrogen-bond donors (Lipinski definition) is 1. The van der Waals surface area contributed by atoms with Gasteiger partial charge in [-0.3, -0.25) is 0 Å². The molecule has 2 heterocycles. The van der Waals surface area contributed by atoms with E-state index in [-0.39, 0.29) is 0 Å². The fraction of sp³-hybridized carbons (Fsp3) is 0.231. The van der Waals surface area contributed by atoms with Crippen LogP contribution in [0.1, 0.15) is 5.56 Å². The summed E-state index contributed by atoms with van der Waals surface area (Å²) in [5.74, 6) is 0. The number of nitrogens with zero attached hydrogens (tertiary/aromatic N) is 3. The zero-order valence-corrected chi connectivity index (χ0v) is 10.9. The number of hydrogen-bond acceptors (Lipinski definition) is 4. The van der Waals surface area contributed by atoms with E-state index in [0.29, 0.717) is 0 Å². The van der Waals surface area contributed by atoms with Crippen LogP contribution in [0.25, 0.3) is 10.2 Å². The van der Waals surface area contributed by atoms with Crippen molar-refractivity contribution in [2.45, 2.75) is 13.5 Å². The van der Waals surface area contributed by atoms with E-state index in [1.165, 1.54) is 10.3 Å². The summed E-state index contributed by atoms with van der Waals surface area (Å²) in [6.45, 7) is 3.85. The van der Waals surface area contributed by atoms with Gasteiger partial charge in [0.1, 0.15) is 0 Å². The first-order chi connectivity index (χ1) is 8.83. The van der Waals surface area contributed by atoms with Crippen LogP contribution in [-0.2, 0) is 6.54 Å². The molecule has 0 spiro atoms. The summed E-state index contributed by atoms with van der Waals surface area (Å²) in [4.78, 5) is 8.63. The minimum atomic E-state index is 0.856. The molecule has 0 bridgehead atoms. The fourth-order valence-corrected chi connectivity index (χ4v) is 2.84. The zero-order chi connectivity index (χ0) is 12.4. The van der Waals surface area contributed by atoms with Crippen molar-refractivity contribution in [3.63, 3.8) is 0 Å². The number of aryl methyl sites for hydroxylation is 1. The maximum Gasteiger partial charge on any atom is 0.183 e. The lowest BCUT2D eigenvalue weighted by molar-refractivity contribution is 0.726. The van der Waals surface area contributed by atoms with E-state index >= 15 is 0 Å². The van der Waals surface area contributed by atoms with Gasteiger partial charge in [0, 0.05) is 25.5 Å². The number of fused-ring (bicyclic) bond motifs is 1. The molecule has 18 heavy (non-hydrogen) atoms. The first-order valence-electron chi connectivity index (χ1n) is 5.89. The van der Waals surface area contributed by atoms with Crippen LogP contribution in [0.4, 0.5) is 5.13 Å². The Kier molecular flexibility index (Phi) is 2.98. The Balaban J connectivity index is 1.69. The Morgan fingerprint density at radius 3 is 3.11 bits per heavy atom. The molecule has 4 nitrogen and oxygen atoms in total. The summed E-state index contributed by atoms with van der Waals surface area (Å²) >= 11 is 1.70. The fourth-order valence-electron chi connectivity index (χ4n) is 1.87. The van der Waals surface area contributed by atoms with Gasteiger partial charge in [0.2, 0.25) is 0 Å². The van der Waals surface area contributed by atoms with Gasteiger partial charge in [-0.05, 0) is 18.6 Å². The Labute approximate surface area is 109 Å². The third kappa shape index (κ3) is 2.22. The molecule has 0 aliphatic rings. The molecule has 0 saturated heterocycles. The summed E-state index contributed by atoms with van der Waals surface area (Å²) < 4.78 is 3.28. The van der Waals surface area contributed by atoms with Gasteiger partial charge >= 0.3 is 0 Å². The van der Waals surface area contributed by atoms with Crippen LogP contribution >= 0.6 is 11.3 Å². The Morgan fingerprint density at radius 1 is 1.39 bits per heavy atom. The molecule has 0 saturated carbocycles. The van der Waals surface area contributed by atoms with Gasteiger partial charge in [0.05, 0.1) is 16.5 Å². The Morgan fingerprint density at radius 2 is 2.33 bits per heavy atom. The number of aromatic nitrogens is 3. The Bertz CT molecular complexity index is 642.